The number of likely N-dealkylation sites (tertiary alicyclic amines) is 1. The largest absolute Gasteiger partial charge is 0.371 e. The van der Waals surface area contributed by atoms with Crippen LogP contribution in [0.5, 0.6) is 0 Å². The van der Waals surface area contributed by atoms with Crippen LogP contribution in [0.3, 0.4) is 0 Å². The van der Waals surface area contributed by atoms with Crippen LogP contribution in [-0.4, -0.2) is 37.0 Å². The van der Waals surface area contributed by atoms with E-state index in [-0.39, 0.29) is 11.8 Å². The van der Waals surface area contributed by atoms with Gasteiger partial charge in [-0.3, -0.25) is 4.79 Å². The summed E-state index contributed by atoms with van der Waals surface area (Å²) < 4.78 is 26.4. The number of piperidine rings is 1. The van der Waals surface area contributed by atoms with E-state index in [0.29, 0.717) is 18.8 Å². The summed E-state index contributed by atoms with van der Waals surface area (Å²) in [5.74, 6) is -0.788. The van der Waals surface area contributed by atoms with Crippen molar-refractivity contribution < 1.29 is 13.6 Å². The number of carbonyl (C=O) groups excluding carboxylic acids is 1. The molecular formula is C15H18F2N2O. The van der Waals surface area contributed by atoms with Gasteiger partial charge in [-0.1, -0.05) is 0 Å². The maximum Gasteiger partial charge on any atom is 0.225 e. The van der Waals surface area contributed by atoms with Gasteiger partial charge in [0.15, 0.2) is 0 Å². The van der Waals surface area contributed by atoms with Crippen molar-refractivity contribution in [3.8, 4) is 0 Å². The molecule has 2 heterocycles. The van der Waals surface area contributed by atoms with Crippen molar-refractivity contribution in [2.75, 3.05) is 31.1 Å². The van der Waals surface area contributed by atoms with E-state index in [0.717, 1.165) is 38.4 Å². The third-order valence-electron chi connectivity index (χ3n) is 4.22. The zero-order chi connectivity index (χ0) is 14.1. The molecule has 2 saturated heterocycles. The summed E-state index contributed by atoms with van der Waals surface area (Å²) in [4.78, 5) is 16.0. The number of carbonyl (C=O) groups is 1. The zero-order valence-electron chi connectivity index (χ0n) is 11.3. The van der Waals surface area contributed by atoms with Crippen LogP contribution in [0.4, 0.5) is 14.5 Å². The molecule has 2 fully saturated rings. The Morgan fingerprint density at radius 3 is 2.10 bits per heavy atom. The molecule has 0 saturated carbocycles. The summed E-state index contributed by atoms with van der Waals surface area (Å²) in [6.07, 6.45) is 2.62. The highest BCUT2D eigenvalue weighted by Gasteiger charge is 2.31. The maximum atomic E-state index is 13.2. The van der Waals surface area contributed by atoms with E-state index in [1.807, 2.05) is 9.80 Å². The summed E-state index contributed by atoms with van der Waals surface area (Å²) in [7, 11) is 0. The predicted octanol–water partition coefficient (Wildman–Crippen LogP) is 2.41. The van der Waals surface area contributed by atoms with Gasteiger partial charge in [-0.15, -0.1) is 0 Å². The molecule has 1 amide bonds. The lowest BCUT2D eigenvalue weighted by Gasteiger charge is -2.38. The first-order valence-electron chi connectivity index (χ1n) is 7.13. The monoisotopic (exact) mass is 280 g/mol. The molecule has 0 N–H and O–H groups in total. The van der Waals surface area contributed by atoms with Crippen LogP contribution in [-0.2, 0) is 4.79 Å². The Balaban J connectivity index is 1.61. The summed E-state index contributed by atoms with van der Waals surface area (Å²) >= 11 is 0. The van der Waals surface area contributed by atoms with Crippen LogP contribution in [0.15, 0.2) is 18.2 Å². The van der Waals surface area contributed by atoms with Crippen LogP contribution in [0.1, 0.15) is 19.3 Å². The summed E-state index contributed by atoms with van der Waals surface area (Å²) in [6, 6.07) is 3.57. The number of nitrogens with zero attached hydrogens (tertiary/aromatic N) is 2. The van der Waals surface area contributed by atoms with Gasteiger partial charge in [0.1, 0.15) is 11.6 Å². The normalized spacial score (nSPS) is 19.9. The van der Waals surface area contributed by atoms with Crippen LogP contribution >= 0.6 is 0 Å². The standard InChI is InChI=1S/C15H18F2N2O/c16-12-8-13(17)10-14(9-12)18-6-2-11(3-7-18)15(20)19-4-1-5-19/h8-11H,1-7H2. The van der Waals surface area contributed by atoms with E-state index in [2.05, 4.69) is 0 Å². The first-order valence-corrected chi connectivity index (χ1v) is 7.13. The number of amides is 1. The summed E-state index contributed by atoms with van der Waals surface area (Å²) in [5, 5.41) is 0. The van der Waals surface area contributed by atoms with Crippen molar-refractivity contribution in [1.82, 2.24) is 4.90 Å². The van der Waals surface area contributed by atoms with Crippen molar-refractivity contribution >= 4 is 11.6 Å². The highest BCUT2D eigenvalue weighted by Crippen LogP contribution is 2.26. The second kappa shape index (κ2) is 5.38. The average Bonchev–Trinajstić information content (AvgIpc) is 2.35. The Labute approximate surface area is 117 Å². The molecule has 0 spiro atoms. The first kappa shape index (κ1) is 13.3. The highest BCUT2D eigenvalue weighted by atomic mass is 19.1. The van der Waals surface area contributed by atoms with Crippen molar-refractivity contribution in [1.29, 1.82) is 0 Å². The summed E-state index contributed by atoms with van der Waals surface area (Å²) in [6.45, 7) is 3.11. The number of halogens is 2. The minimum Gasteiger partial charge on any atom is -0.371 e. The van der Waals surface area contributed by atoms with Gasteiger partial charge >= 0.3 is 0 Å². The zero-order valence-corrected chi connectivity index (χ0v) is 11.3. The number of hydrogen-bond donors (Lipinski definition) is 0. The number of hydrogen-bond acceptors (Lipinski definition) is 2. The average molecular weight is 280 g/mol. The van der Waals surface area contributed by atoms with E-state index in [1.165, 1.54) is 12.1 Å². The van der Waals surface area contributed by atoms with E-state index in [4.69, 9.17) is 0 Å². The van der Waals surface area contributed by atoms with Gasteiger partial charge in [0.25, 0.3) is 0 Å². The molecule has 3 rings (SSSR count). The van der Waals surface area contributed by atoms with Gasteiger partial charge in [-0.05, 0) is 31.4 Å². The lowest BCUT2D eigenvalue weighted by atomic mass is 9.93. The molecule has 108 valence electrons. The van der Waals surface area contributed by atoms with Crippen molar-refractivity contribution in [2.45, 2.75) is 19.3 Å². The van der Waals surface area contributed by atoms with E-state index in [1.54, 1.807) is 0 Å². The van der Waals surface area contributed by atoms with Gasteiger partial charge in [0.2, 0.25) is 5.91 Å². The number of rotatable bonds is 2. The molecule has 0 bridgehead atoms. The smallest absolute Gasteiger partial charge is 0.225 e. The lowest BCUT2D eigenvalue weighted by molar-refractivity contribution is -0.139. The Bertz CT molecular complexity index is 488. The van der Waals surface area contributed by atoms with E-state index >= 15 is 0 Å². The Kier molecular flexibility index (Phi) is 3.59. The van der Waals surface area contributed by atoms with E-state index in [9.17, 15) is 13.6 Å². The topological polar surface area (TPSA) is 23.6 Å². The Hall–Kier alpha value is -1.65. The van der Waals surface area contributed by atoms with E-state index < -0.39 is 11.6 Å². The fraction of sp³-hybridized carbons (Fsp3) is 0.533. The fourth-order valence-electron chi connectivity index (χ4n) is 2.90. The Morgan fingerprint density at radius 2 is 1.60 bits per heavy atom. The molecule has 20 heavy (non-hydrogen) atoms. The van der Waals surface area contributed by atoms with Crippen LogP contribution < -0.4 is 4.90 Å². The van der Waals surface area contributed by atoms with Crippen molar-refractivity contribution in [2.24, 2.45) is 5.92 Å². The molecule has 0 aromatic heterocycles. The van der Waals surface area contributed by atoms with Crippen LogP contribution in [0.25, 0.3) is 0 Å². The van der Waals surface area contributed by atoms with Gasteiger partial charge in [-0.2, -0.15) is 0 Å². The molecule has 3 nitrogen and oxygen atoms in total. The molecule has 0 unspecified atom stereocenters. The fourth-order valence-corrected chi connectivity index (χ4v) is 2.90. The second-order valence-electron chi connectivity index (χ2n) is 5.57. The minimum absolute atomic E-state index is 0.0740. The summed E-state index contributed by atoms with van der Waals surface area (Å²) in [5.41, 5.74) is 0.567. The Morgan fingerprint density at radius 1 is 1.00 bits per heavy atom. The first-order chi connectivity index (χ1) is 9.63. The molecule has 2 aliphatic heterocycles. The van der Waals surface area contributed by atoms with Crippen LogP contribution in [0.2, 0.25) is 0 Å². The third-order valence-corrected chi connectivity index (χ3v) is 4.22. The predicted molar refractivity (Wildman–Crippen MR) is 72.5 cm³/mol. The quantitative estimate of drug-likeness (QED) is 0.830. The van der Waals surface area contributed by atoms with Gasteiger partial charge in [0, 0.05) is 43.9 Å². The lowest BCUT2D eigenvalue weighted by Crippen LogP contribution is -2.48. The SMILES string of the molecule is O=C(C1CCN(c2cc(F)cc(F)c2)CC1)N1CCC1. The molecule has 1 aromatic rings. The molecule has 0 radical (unpaired) electrons. The number of benzene rings is 1. The van der Waals surface area contributed by atoms with Gasteiger partial charge in [0.05, 0.1) is 0 Å². The van der Waals surface area contributed by atoms with Crippen LogP contribution in [0, 0.1) is 17.6 Å². The molecular weight excluding hydrogens is 262 g/mol. The van der Waals surface area contributed by atoms with Gasteiger partial charge < -0.3 is 9.80 Å². The molecule has 2 aliphatic rings. The molecule has 0 aliphatic carbocycles. The third kappa shape index (κ3) is 2.62. The van der Waals surface area contributed by atoms with Crippen molar-refractivity contribution in [3.05, 3.63) is 29.8 Å². The molecule has 0 atom stereocenters. The molecule has 5 heteroatoms. The maximum absolute atomic E-state index is 13.2. The van der Waals surface area contributed by atoms with Crippen molar-refractivity contribution in [3.63, 3.8) is 0 Å². The minimum atomic E-state index is -0.557. The molecule has 1 aromatic carbocycles. The van der Waals surface area contributed by atoms with Gasteiger partial charge in [-0.25, -0.2) is 8.78 Å². The highest BCUT2D eigenvalue weighted by molar-refractivity contribution is 5.79. The second-order valence-corrected chi connectivity index (χ2v) is 5.57. The number of anilines is 1.